The first-order valence-electron chi connectivity index (χ1n) is 5.21. The predicted molar refractivity (Wildman–Crippen MR) is 66.7 cm³/mol. The summed E-state index contributed by atoms with van der Waals surface area (Å²) in [6.07, 6.45) is 3.76. The van der Waals surface area contributed by atoms with Gasteiger partial charge in [-0.15, -0.1) is 11.3 Å². The van der Waals surface area contributed by atoms with Gasteiger partial charge in [-0.1, -0.05) is 6.07 Å². The Hall–Kier alpha value is -1.26. The normalized spacial score (nSPS) is 12.7. The average molecular weight is 233 g/mol. The van der Waals surface area contributed by atoms with E-state index in [1.807, 2.05) is 26.4 Å². The van der Waals surface area contributed by atoms with Crippen LogP contribution in [0.4, 0.5) is 0 Å². The number of thiazole rings is 1. The molecule has 1 unspecified atom stereocenters. The van der Waals surface area contributed by atoms with Gasteiger partial charge in [-0.2, -0.15) is 0 Å². The summed E-state index contributed by atoms with van der Waals surface area (Å²) in [6.45, 7) is 4.07. The second-order valence-corrected chi connectivity index (χ2v) is 4.87. The molecular weight excluding hydrogens is 218 g/mol. The molecule has 16 heavy (non-hydrogen) atoms. The van der Waals surface area contributed by atoms with Crippen molar-refractivity contribution in [1.29, 1.82) is 0 Å². The Labute approximate surface area is 99.6 Å². The maximum absolute atomic E-state index is 4.52. The fraction of sp³-hybridized carbons (Fsp3) is 0.333. The molecule has 84 valence electrons. The third-order valence-electron chi connectivity index (χ3n) is 2.45. The molecule has 4 heteroatoms. The number of pyridine rings is 1. The lowest BCUT2D eigenvalue weighted by Crippen LogP contribution is -2.18. The van der Waals surface area contributed by atoms with Gasteiger partial charge in [-0.3, -0.25) is 4.98 Å². The van der Waals surface area contributed by atoms with Gasteiger partial charge in [-0.25, -0.2) is 4.98 Å². The molecule has 0 spiro atoms. The summed E-state index contributed by atoms with van der Waals surface area (Å²) in [5.74, 6) is 0. The van der Waals surface area contributed by atoms with Crippen LogP contribution < -0.4 is 5.32 Å². The molecule has 0 aliphatic carbocycles. The molecule has 2 heterocycles. The third-order valence-corrected chi connectivity index (χ3v) is 3.24. The summed E-state index contributed by atoms with van der Waals surface area (Å²) >= 11 is 1.68. The van der Waals surface area contributed by atoms with E-state index in [9.17, 15) is 0 Å². The summed E-state index contributed by atoms with van der Waals surface area (Å²) in [5, 5.41) is 6.47. The molecule has 0 aromatic carbocycles. The summed E-state index contributed by atoms with van der Waals surface area (Å²) in [6, 6.07) is 2.28. The smallest absolute Gasteiger partial charge is 0.0898 e. The van der Waals surface area contributed by atoms with Crippen LogP contribution in [0.15, 0.2) is 23.8 Å². The second-order valence-electron chi connectivity index (χ2n) is 3.81. The van der Waals surface area contributed by atoms with E-state index in [0.29, 0.717) is 0 Å². The molecule has 0 aliphatic rings. The first-order valence-corrected chi connectivity index (χ1v) is 6.09. The molecule has 3 nitrogen and oxygen atoms in total. The van der Waals surface area contributed by atoms with Crippen LogP contribution in [0.2, 0.25) is 0 Å². The highest BCUT2D eigenvalue weighted by Crippen LogP contribution is 2.22. The predicted octanol–water partition coefficient (Wildman–Crippen LogP) is 2.46. The van der Waals surface area contributed by atoms with E-state index in [1.165, 1.54) is 5.56 Å². The topological polar surface area (TPSA) is 37.8 Å². The first kappa shape index (κ1) is 11.2. The summed E-state index contributed by atoms with van der Waals surface area (Å²) in [5.41, 5.74) is 3.40. The van der Waals surface area contributed by atoms with Gasteiger partial charge in [0, 0.05) is 17.8 Å². The van der Waals surface area contributed by atoms with Crippen molar-refractivity contribution < 1.29 is 0 Å². The minimum atomic E-state index is 0.136. The van der Waals surface area contributed by atoms with Gasteiger partial charge in [0.15, 0.2) is 0 Å². The van der Waals surface area contributed by atoms with E-state index in [0.717, 1.165) is 16.3 Å². The van der Waals surface area contributed by atoms with Gasteiger partial charge in [0.1, 0.15) is 0 Å². The molecule has 0 saturated heterocycles. The van der Waals surface area contributed by atoms with Crippen molar-refractivity contribution >= 4 is 11.3 Å². The number of rotatable bonds is 3. The van der Waals surface area contributed by atoms with Crippen molar-refractivity contribution in [2.45, 2.75) is 19.9 Å². The van der Waals surface area contributed by atoms with E-state index in [-0.39, 0.29) is 6.04 Å². The molecule has 2 aromatic heterocycles. The van der Waals surface area contributed by atoms with E-state index in [4.69, 9.17) is 0 Å². The van der Waals surface area contributed by atoms with Crippen molar-refractivity contribution in [1.82, 2.24) is 15.3 Å². The third kappa shape index (κ3) is 2.28. The van der Waals surface area contributed by atoms with Crippen molar-refractivity contribution in [2.75, 3.05) is 7.05 Å². The molecular formula is C12H15N3S. The standard InChI is InChI=1S/C12H15N3S/c1-8-4-10(6-14-5-8)12(13-3)11-7-16-9(2)15-11/h4-7,12-13H,1-3H3. The molecule has 1 atom stereocenters. The van der Waals surface area contributed by atoms with E-state index in [2.05, 4.69) is 33.7 Å². The van der Waals surface area contributed by atoms with Gasteiger partial charge >= 0.3 is 0 Å². The van der Waals surface area contributed by atoms with Crippen LogP contribution in [0, 0.1) is 13.8 Å². The minimum absolute atomic E-state index is 0.136. The lowest BCUT2D eigenvalue weighted by Gasteiger charge is -2.14. The number of aromatic nitrogens is 2. The Bertz CT molecular complexity index is 479. The molecule has 0 amide bonds. The second kappa shape index (κ2) is 4.72. The number of hydrogen-bond donors (Lipinski definition) is 1. The van der Waals surface area contributed by atoms with Crippen LogP contribution in [0.3, 0.4) is 0 Å². The van der Waals surface area contributed by atoms with Crippen LogP contribution >= 0.6 is 11.3 Å². The van der Waals surface area contributed by atoms with Crippen LogP contribution in [0.5, 0.6) is 0 Å². The molecule has 0 fully saturated rings. The number of aryl methyl sites for hydroxylation is 2. The van der Waals surface area contributed by atoms with E-state index < -0.39 is 0 Å². The summed E-state index contributed by atoms with van der Waals surface area (Å²) in [7, 11) is 1.95. The molecule has 2 aromatic rings. The Kier molecular flexibility index (Phi) is 3.31. The van der Waals surface area contributed by atoms with Gasteiger partial charge in [-0.05, 0) is 32.0 Å². The van der Waals surface area contributed by atoms with Crippen molar-refractivity contribution in [2.24, 2.45) is 0 Å². The fourth-order valence-electron chi connectivity index (χ4n) is 1.73. The summed E-state index contributed by atoms with van der Waals surface area (Å²) in [4.78, 5) is 8.74. The molecule has 2 rings (SSSR count). The van der Waals surface area contributed by atoms with Gasteiger partial charge in [0.2, 0.25) is 0 Å². The highest BCUT2D eigenvalue weighted by molar-refractivity contribution is 7.09. The van der Waals surface area contributed by atoms with Crippen molar-refractivity contribution in [3.8, 4) is 0 Å². The van der Waals surface area contributed by atoms with Gasteiger partial charge in [0.05, 0.1) is 16.7 Å². The van der Waals surface area contributed by atoms with Crippen LogP contribution in [0.1, 0.15) is 27.9 Å². The first-order chi connectivity index (χ1) is 7.70. The fourth-order valence-corrected chi connectivity index (χ4v) is 2.37. The Morgan fingerprint density at radius 2 is 2.12 bits per heavy atom. The van der Waals surface area contributed by atoms with E-state index >= 15 is 0 Å². The lowest BCUT2D eigenvalue weighted by atomic mass is 10.1. The SMILES string of the molecule is CNC(c1cncc(C)c1)c1csc(C)n1. The highest BCUT2D eigenvalue weighted by atomic mass is 32.1. The van der Waals surface area contributed by atoms with E-state index in [1.54, 1.807) is 11.3 Å². The molecule has 0 bridgehead atoms. The van der Waals surface area contributed by atoms with Crippen molar-refractivity contribution in [3.63, 3.8) is 0 Å². The average Bonchev–Trinajstić information content (AvgIpc) is 2.66. The number of nitrogens with zero attached hydrogens (tertiary/aromatic N) is 2. The number of hydrogen-bond acceptors (Lipinski definition) is 4. The zero-order valence-corrected chi connectivity index (χ0v) is 10.5. The minimum Gasteiger partial charge on any atom is -0.308 e. The Balaban J connectivity index is 2.36. The molecule has 0 saturated carbocycles. The van der Waals surface area contributed by atoms with Gasteiger partial charge < -0.3 is 5.32 Å². The van der Waals surface area contributed by atoms with Gasteiger partial charge in [0.25, 0.3) is 0 Å². The zero-order chi connectivity index (χ0) is 11.5. The van der Waals surface area contributed by atoms with Crippen molar-refractivity contribution in [3.05, 3.63) is 45.7 Å². The highest BCUT2D eigenvalue weighted by Gasteiger charge is 2.14. The lowest BCUT2D eigenvalue weighted by molar-refractivity contribution is 0.670. The van der Waals surface area contributed by atoms with Crippen LogP contribution in [-0.2, 0) is 0 Å². The number of nitrogens with one attached hydrogen (secondary N) is 1. The Morgan fingerprint density at radius 1 is 1.31 bits per heavy atom. The monoisotopic (exact) mass is 233 g/mol. The maximum atomic E-state index is 4.52. The Morgan fingerprint density at radius 3 is 2.69 bits per heavy atom. The molecule has 0 aliphatic heterocycles. The maximum Gasteiger partial charge on any atom is 0.0898 e. The quantitative estimate of drug-likeness (QED) is 0.885. The summed E-state index contributed by atoms with van der Waals surface area (Å²) < 4.78 is 0. The van der Waals surface area contributed by atoms with Crippen LogP contribution in [0.25, 0.3) is 0 Å². The molecule has 1 N–H and O–H groups in total. The molecule has 0 radical (unpaired) electrons. The largest absolute Gasteiger partial charge is 0.308 e. The van der Waals surface area contributed by atoms with Crippen LogP contribution in [-0.4, -0.2) is 17.0 Å². The zero-order valence-electron chi connectivity index (χ0n) is 9.69.